The average molecular weight is 412 g/mol. The number of aromatic nitrogens is 1. The molecular weight excluding hydrogens is 388 g/mol. The predicted molar refractivity (Wildman–Crippen MR) is 118 cm³/mol. The van der Waals surface area contributed by atoms with E-state index in [1.807, 2.05) is 41.3 Å². The van der Waals surface area contributed by atoms with Crippen LogP contribution in [0.2, 0.25) is 0 Å². The number of amides is 1. The highest BCUT2D eigenvalue weighted by Crippen LogP contribution is 2.32. The van der Waals surface area contributed by atoms with E-state index in [-0.39, 0.29) is 11.9 Å². The fourth-order valence-electron chi connectivity index (χ4n) is 3.76. The van der Waals surface area contributed by atoms with Crippen LogP contribution in [0.15, 0.2) is 67.0 Å². The molecule has 4 rings (SSSR count). The van der Waals surface area contributed by atoms with Crippen molar-refractivity contribution in [1.29, 1.82) is 5.26 Å². The van der Waals surface area contributed by atoms with Crippen LogP contribution in [0.25, 0.3) is 11.1 Å². The molecule has 3 aromatic rings. The van der Waals surface area contributed by atoms with Gasteiger partial charge in [-0.05, 0) is 54.8 Å². The lowest BCUT2D eigenvalue weighted by atomic mass is 9.99. The normalized spacial score (nSPS) is 15.9. The van der Waals surface area contributed by atoms with Gasteiger partial charge in [-0.1, -0.05) is 18.2 Å². The number of ether oxygens (including phenoxy) is 1. The summed E-state index contributed by atoms with van der Waals surface area (Å²) < 4.78 is 6.08. The third kappa shape index (κ3) is 4.90. The molecule has 0 unspecified atom stereocenters. The van der Waals surface area contributed by atoms with Crippen LogP contribution < -0.4 is 10.5 Å². The maximum Gasteiger partial charge on any atom is 0.253 e. The molecule has 2 aromatic carbocycles. The molecule has 0 aliphatic carbocycles. The summed E-state index contributed by atoms with van der Waals surface area (Å²) in [5.41, 5.74) is 9.88. The Labute approximate surface area is 181 Å². The van der Waals surface area contributed by atoms with Crippen LogP contribution in [0.4, 0.5) is 0 Å². The fourth-order valence-corrected chi connectivity index (χ4v) is 3.76. The Hall–Kier alpha value is -3.69. The van der Waals surface area contributed by atoms with Crippen molar-refractivity contribution in [2.75, 3.05) is 13.1 Å². The van der Waals surface area contributed by atoms with Gasteiger partial charge in [0.05, 0.1) is 11.6 Å². The minimum atomic E-state index is -0.0242. The van der Waals surface area contributed by atoms with Crippen molar-refractivity contribution in [3.63, 3.8) is 0 Å². The topological polar surface area (TPSA) is 92.2 Å². The molecule has 1 aliphatic heterocycles. The second-order valence-corrected chi connectivity index (χ2v) is 7.70. The van der Waals surface area contributed by atoms with Gasteiger partial charge in [-0.25, -0.2) is 0 Å². The molecule has 1 aromatic heterocycles. The Morgan fingerprint density at radius 3 is 2.77 bits per heavy atom. The van der Waals surface area contributed by atoms with Crippen molar-refractivity contribution in [2.45, 2.75) is 25.5 Å². The van der Waals surface area contributed by atoms with Gasteiger partial charge in [0.1, 0.15) is 12.4 Å². The van der Waals surface area contributed by atoms with Gasteiger partial charge in [0.15, 0.2) is 0 Å². The standard InChI is InChI=1S/C25H24N4O2/c26-14-18-5-7-20(8-6-18)23-13-21(25(30)29-12-2-4-22(27)16-29)9-10-24(23)31-17-19-3-1-11-28-15-19/h1,3,5-11,13,15,22H,2,4,12,16-17,27H2/t22-/m0/s1. The molecular formula is C25H24N4O2. The summed E-state index contributed by atoms with van der Waals surface area (Å²) in [6.07, 6.45) is 5.35. The van der Waals surface area contributed by atoms with Crippen LogP contribution in [-0.2, 0) is 6.61 Å². The molecule has 6 nitrogen and oxygen atoms in total. The lowest BCUT2D eigenvalue weighted by molar-refractivity contribution is 0.0709. The van der Waals surface area contributed by atoms with Crippen LogP contribution in [0, 0.1) is 11.3 Å². The van der Waals surface area contributed by atoms with E-state index in [9.17, 15) is 4.79 Å². The van der Waals surface area contributed by atoms with Gasteiger partial charge in [-0.3, -0.25) is 9.78 Å². The first kappa shape index (κ1) is 20.6. The highest BCUT2D eigenvalue weighted by atomic mass is 16.5. The van der Waals surface area contributed by atoms with Crippen molar-refractivity contribution in [3.8, 4) is 22.9 Å². The highest BCUT2D eigenvalue weighted by Gasteiger charge is 2.23. The Kier molecular flexibility index (Phi) is 6.25. The van der Waals surface area contributed by atoms with E-state index in [0.29, 0.717) is 30.0 Å². The van der Waals surface area contributed by atoms with Gasteiger partial charge < -0.3 is 15.4 Å². The minimum absolute atomic E-state index is 0.0242. The van der Waals surface area contributed by atoms with Gasteiger partial charge in [0.2, 0.25) is 0 Å². The van der Waals surface area contributed by atoms with Gasteiger partial charge in [0, 0.05) is 48.2 Å². The number of hydrogen-bond donors (Lipinski definition) is 1. The van der Waals surface area contributed by atoms with E-state index in [1.165, 1.54) is 0 Å². The number of nitrogens with two attached hydrogens (primary N) is 1. The Morgan fingerprint density at radius 2 is 2.06 bits per heavy atom. The maximum absolute atomic E-state index is 13.1. The average Bonchev–Trinajstić information content (AvgIpc) is 2.83. The lowest BCUT2D eigenvalue weighted by Gasteiger charge is -2.31. The first-order chi connectivity index (χ1) is 15.1. The van der Waals surface area contributed by atoms with E-state index in [4.69, 9.17) is 15.7 Å². The third-order valence-electron chi connectivity index (χ3n) is 5.41. The zero-order valence-corrected chi connectivity index (χ0v) is 17.2. The highest BCUT2D eigenvalue weighted by molar-refractivity contribution is 5.96. The summed E-state index contributed by atoms with van der Waals surface area (Å²) in [5, 5.41) is 9.11. The molecule has 1 amide bonds. The maximum atomic E-state index is 13.1. The van der Waals surface area contributed by atoms with Crippen LogP contribution in [-0.4, -0.2) is 34.9 Å². The van der Waals surface area contributed by atoms with E-state index in [2.05, 4.69) is 11.1 Å². The molecule has 0 radical (unpaired) electrons. The molecule has 1 saturated heterocycles. The zero-order valence-electron chi connectivity index (χ0n) is 17.2. The van der Waals surface area contributed by atoms with E-state index < -0.39 is 0 Å². The van der Waals surface area contributed by atoms with Crippen molar-refractivity contribution < 1.29 is 9.53 Å². The number of piperidine rings is 1. The number of likely N-dealkylation sites (tertiary alicyclic amines) is 1. The molecule has 31 heavy (non-hydrogen) atoms. The molecule has 2 N–H and O–H groups in total. The SMILES string of the molecule is N#Cc1ccc(-c2cc(C(=O)N3CCC[C@H](N)C3)ccc2OCc2cccnc2)cc1. The smallest absolute Gasteiger partial charge is 0.253 e. The molecule has 1 aliphatic rings. The largest absolute Gasteiger partial charge is 0.488 e. The van der Waals surface area contributed by atoms with Gasteiger partial charge >= 0.3 is 0 Å². The molecule has 0 saturated carbocycles. The van der Waals surface area contributed by atoms with Crippen LogP contribution in [0.5, 0.6) is 5.75 Å². The van der Waals surface area contributed by atoms with Crippen molar-refractivity contribution in [3.05, 3.63) is 83.7 Å². The van der Waals surface area contributed by atoms with E-state index in [1.54, 1.807) is 30.6 Å². The molecule has 6 heteroatoms. The molecule has 156 valence electrons. The van der Waals surface area contributed by atoms with Crippen molar-refractivity contribution >= 4 is 5.91 Å². The molecule has 0 bridgehead atoms. The second kappa shape index (κ2) is 9.41. The van der Waals surface area contributed by atoms with Gasteiger partial charge in [0.25, 0.3) is 5.91 Å². The molecule has 2 heterocycles. The predicted octanol–water partition coefficient (Wildman–Crippen LogP) is 3.76. The van der Waals surface area contributed by atoms with Crippen LogP contribution in [0.3, 0.4) is 0 Å². The molecule has 0 spiro atoms. The Bertz CT molecular complexity index is 1090. The van der Waals surface area contributed by atoms with Crippen LogP contribution in [0.1, 0.15) is 34.3 Å². The number of nitrogens with zero attached hydrogens (tertiary/aromatic N) is 3. The fraction of sp³-hybridized carbons (Fsp3) is 0.240. The molecule has 1 fully saturated rings. The summed E-state index contributed by atoms with van der Waals surface area (Å²) in [6.45, 7) is 1.66. The van der Waals surface area contributed by atoms with E-state index in [0.717, 1.165) is 36.1 Å². The summed E-state index contributed by atoms with van der Waals surface area (Å²) in [7, 11) is 0. The number of hydrogen-bond acceptors (Lipinski definition) is 5. The zero-order chi connectivity index (χ0) is 21.6. The van der Waals surface area contributed by atoms with Gasteiger partial charge in [-0.2, -0.15) is 5.26 Å². The number of nitriles is 1. The summed E-state index contributed by atoms with van der Waals surface area (Å²) in [4.78, 5) is 19.0. The summed E-state index contributed by atoms with van der Waals surface area (Å²) >= 11 is 0. The first-order valence-electron chi connectivity index (χ1n) is 10.3. The number of carbonyl (C=O) groups excluding carboxylic acids is 1. The van der Waals surface area contributed by atoms with Crippen molar-refractivity contribution in [2.24, 2.45) is 5.73 Å². The van der Waals surface area contributed by atoms with Gasteiger partial charge in [-0.15, -0.1) is 0 Å². The van der Waals surface area contributed by atoms with Crippen LogP contribution >= 0.6 is 0 Å². The molecule has 1 atom stereocenters. The monoisotopic (exact) mass is 412 g/mol. The van der Waals surface area contributed by atoms with E-state index >= 15 is 0 Å². The Balaban J connectivity index is 1.65. The Morgan fingerprint density at radius 1 is 1.23 bits per heavy atom. The third-order valence-corrected chi connectivity index (χ3v) is 5.41. The number of benzene rings is 2. The van der Waals surface area contributed by atoms with Crippen molar-refractivity contribution in [1.82, 2.24) is 9.88 Å². The number of pyridine rings is 1. The number of carbonyl (C=O) groups is 1. The lowest BCUT2D eigenvalue weighted by Crippen LogP contribution is -2.45. The summed E-state index contributed by atoms with van der Waals surface area (Å²) in [6, 6.07) is 18.7. The quantitative estimate of drug-likeness (QED) is 0.689. The minimum Gasteiger partial charge on any atom is -0.488 e. The second-order valence-electron chi connectivity index (χ2n) is 7.70. The first-order valence-corrected chi connectivity index (χ1v) is 10.3. The summed E-state index contributed by atoms with van der Waals surface area (Å²) in [5.74, 6) is 0.643. The number of rotatable bonds is 5.